The highest BCUT2D eigenvalue weighted by Gasteiger charge is 2.32. The summed E-state index contributed by atoms with van der Waals surface area (Å²) in [4.78, 5) is 19.8. The van der Waals surface area contributed by atoms with Gasteiger partial charge in [-0.2, -0.15) is 0 Å². The van der Waals surface area contributed by atoms with Crippen molar-refractivity contribution in [3.8, 4) is 5.75 Å². The second-order valence-electron chi connectivity index (χ2n) is 7.30. The number of aromatic hydroxyl groups is 1. The number of rotatable bonds is 4. The first-order valence-corrected chi connectivity index (χ1v) is 9.68. The quantitative estimate of drug-likeness (QED) is 0.911. The monoisotopic (exact) mass is 345 g/mol. The van der Waals surface area contributed by atoms with Crippen LogP contribution in [0.25, 0.3) is 0 Å². The summed E-state index contributed by atoms with van der Waals surface area (Å²) in [7, 11) is 0. The van der Waals surface area contributed by atoms with Crippen molar-refractivity contribution in [2.45, 2.75) is 51.6 Å². The van der Waals surface area contributed by atoms with Crippen LogP contribution in [0.4, 0.5) is 5.69 Å². The van der Waals surface area contributed by atoms with Crippen molar-refractivity contribution in [1.29, 1.82) is 0 Å². The van der Waals surface area contributed by atoms with E-state index >= 15 is 0 Å². The maximum Gasteiger partial charge on any atom is 0.239 e. The number of nitrogens with zero attached hydrogens (tertiary/aromatic N) is 3. The maximum atomic E-state index is 13.0. The third kappa shape index (κ3) is 4.09. The van der Waals surface area contributed by atoms with Crippen LogP contribution in [0.3, 0.4) is 0 Å². The molecule has 2 fully saturated rings. The molecule has 1 aromatic rings. The highest BCUT2D eigenvalue weighted by Crippen LogP contribution is 2.23. The molecule has 0 radical (unpaired) electrons. The number of carbonyl (C=O) groups excluding carboxylic acids is 1. The maximum absolute atomic E-state index is 13.0. The molecule has 1 aromatic carbocycles. The Morgan fingerprint density at radius 2 is 1.80 bits per heavy atom. The number of hydrogen-bond donors (Lipinski definition) is 1. The van der Waals surface area contributed by atoms with Crippen molar-refractivity contribution in [2.75, 3.05) is 37.6 Å². The number of piperazine rings is 1. The lowest BCUT2D eigenvalue weighted by Crippen LogP contribution is -2.56. The first-order chi connectivity index (χ1) is 12.1. The number of benzene rings is 1. The fraction of sp³-hybridized carbons (Fsp3) is 0.650. The average molecular weight is 345 g/mol. The van der Waals surface area contributed by atoms with Crippen LogP contribution in [0.2, 0.25) is 0 Å². The highest BCUT2D eigenvalue weighted by molar-refractivity contribution is 5.82. The Morgan fingerprint density at radius 1 is 1.12 bits per heavy atom. The van der Waals surface area contributed by atoms with Gasteiger partial charge in [0.2, 0.25) is 5.91 Å². The van der Waals surface area contributed by atoms with Gasteiger partial charge in [0.05, 0.1) is 6.04 Å². The molecule has 0 saturated carbocycles. The molecule has 3 rings (SSSR count). The Bertz CT molecular complexity index is 567. The predicted molar refractivity (Wildman–Crippen MR) is 101 cm³/mol. The third-order valence-electron chi connectivity index (χ3n) is 5.82. The zero-order chi connectivity index (χ0) is 17.8. The van der Waals surface area contributed by atoms with Crippen LogP contribution in [0.15, 0.2) is 24.3 Å². The van der Waals surface area contributed by atoms with Gasteiger partial charge in [-0.15, -0.1) is 0 Å². The Hall–Kier alpha value is -1.75. The Kier molecular flexibility index (Phi) is 5.84. The van der Waals surface area contributed by atoms with E-state index in [9.17, 15) is 9.90 Å². The number of carbonyl (C=O) groups is 1. The zero-order valence-electron chi connectivity index (χ0n) is 15.5. The molecular formula is C20H31N3O2. The Balaban J connectivity index is 1.56. The number of phenols is 1. The normalized spacial score (nSPS) is 23.5. The van der Waals surface area contributed by atoms with Gasteiger partial charge in [-0.3, -0.25) is 9.69 Å². The molecule has 0 spiro atoms. The summed E-state index contributed by atoms with van der Waals surface area (Å²) in [5.41, 5.74) is 1.14. The van der Waals surface area contributed by atoms with Crippen LogP contribution in [0.5, 0.6) is 5.75 Å². The molecule has 25 heavy (non-hydrogen) atoms. The number of amides is 1. The fourth-order valence-electron chi connectivity index (χ4n) is 4.14. The molecule has 0 bridgehead atoms. The predicted octanol–water partition coefficient (Wildman–Crippen LogP) is 2.69. The molecule has 2 aliphatic heterocycles. The van der Waals surface area contributed by atoms with Gasteiger partial charge in [-0.05, 0) is 56.9 Å². The standard InChI is InChI=1S/C20H31N3O2/c1-3-17-6-4-5-11-23(17)20(25)16(2)21-12-14-22(15-13-21)18-7-9-19(24)10-8-18/h7-10,16-17,24H,3-6,11-15H2,1-2H3. The summed E-state index contributed by atoms with van der Waals surface area (Å²) in [5, 5.41) is 9.43. The van der Waals surface area contributed by atoms with Crippen molar-refractivity contribution in [2.24, 2.45) is 0 Å². The lowest BCUT2D eigenvalue weighted by Gasteiger charge is -2.42. The van der Waals surface area contributed by atoms with E-state index < -0.39 is 0 Å². The van der Waals surface area contributed by atoms with Crippen LogP contribution >= 0.6 is 0 Å². The van der Waals surface area contributed by atoms with E-state index in [-0.39, 0.29) is 6.04 Å². The van der Waals surface area contributed by atoms with Gasteiger partial charge in [0, 0.05) is 44.5 Å². The van der Waals surface area contributed by atoms with Gasteiger partial charge in [0.1, 0.15) is 5.75 Å². The molecule has 138 valence electrons. The van der Waals surface area contributed by atoms with Gasteiger partial charge >= 0.3 is 0 Å². The number of anilines is 1. The van der Waals surface area contributed by atoms with Crippen molar-refractivity contribution < 1.29 is 9.90 Å². The van der Waals surface area contributed by atoms with Crippen LogP contribution in [0, 0.1) is 0 Å². The van der Waals surface area contributed by atoms with Crippen LogP contribution in [-0.2, 0) is 4.79 Å². The molecule has 2 saturated heterocycles. The van der Waals surface area contributed by atoms with Crippen molar-refractivity contribution >= 4 is 11.6 Å². The van der Waals surface area contributed by atoms with Crippen LogP contribution in [-0.4, -0.2) is 65.6 Å². The first-order valence-electron chi connectivity index (χ1n) is 9.68. The number of phenolic OH excluding ortho intramolecular Hbond substituents is 1. The summed E-state index contributed by atoms with van der Waals surface area (Å²) < 4.78 is 0. The summed E-state index contributed by atoms with van der Waals surface area (Å²) in [6.45, 7) is 8.82. The largest absolute Gasteiger partial charge is 0.508 e. The second-order valence-corrected chi connectivity index (χ2v) is 7.30. The molecule has 5 nitrogen and oxygen atoms in total. The van der Waals surface area contributed by atoms with Gasteiger partial charge in [-0.25, -0.2) is 0 Å². The summed E-state index contributed by atoms with van der Waals surface area (Å²) in [5.74, 6) is 0.609. The minimum atomic E-state index is -0.0332. The zero-order valence-corrected chi connectivity index (χ0v) is 15.5. The highest BCUT2D eigenvalue weighted by atomic mass is 16.3. The van der Waals surface area contributed by atoms with E-state index in [1.54, 1.807) is 12.1 Å². The molecule has 5 heteroatoms. The molecule has 0 aliphatic carbocycles. The minimum absolute atomic E-state index is 0.0332. The molecule has 2 unspecified atom stereocenters. The number of likely N-dealkylation sites (tertiary alicyclic amines) is 1. The average Bonchev–Trinajstić information content (AvgIpc) is 2.67. The van der Waals surface area contributed by atoms with E-state index in [0.717, 1.165) is 57.7 Å². The summed E-state index contributed by atoms with van der Waals surface area (Å²) in [6, 6.07) is 7.78. The molecule has 2 aliphatic rings. The van der Waals surface area contributed by atoms with Gasteiger partial charge in [0.15, 0.2) is 0 Å². The Morgan fingerprint density at radius 3 is 2.44 bits per heavy atom. The molecular weight excluding hydrogens is 314 g/mol. The van der Waals surface area contributed by atoms with Gasteiger partial charge < -0.3 is 14.9 Å². The lowest BCUT2D eigenvalue weighted by atomic mass is 9.99. The van der Waals surface area contributed by atoms with Gasteiger partial charge in [0.25, 0.3) is 0 Å². The van der Waals surface area contributed by atoms with Crippen molar-refractivity contribution in [1.82, 2.24) is 9.80 Å². The molecule has 2 heterocycles. The van der Waals surface area contributed by atoms with E-state index in [4.69, 9.17) is 0 Å². The Labute approximate surface area is 151 Å². The molecule has 1 amide bonds. The van der Waals surface area contributed by atoms with E-state index in [0.29, 0.717) is 17.7 Å². The summed E-state index contributed by atoms with van der Waals surface area (Å²) >= 11 is 0. The topological polar surface area (TPSA) is 47.0 Å². The SMILES string of the molecule is CCC1CCCCN1C(=O)C(C)N1CCN(c2ccc(O)cc2)CC1. The van der Waals surface area contributed by atoms with E-state index in [1.807, 2.05) is 12.1 Å². The smallest absolute Gasteiger partial charge is 0.239 e. The van der Waals surface area contributed by atoms with E-state index in [1.165, 1.54) is 6.42 Å². The van der Waals surface area contributed by atoms with Gasteiger partial charge in [-0.1, -0.05) is 6.92 Å². The number of hydrogen-bond acceptors (Lipinski definition) is 4. The second kappa shape index (κ2) is 8.09. The fourth-order valence-corrected chi connectivity index (χ4v) is 4.14. The minimum Gasteiger partial charge on any atom is -0.508 e. The molecule has 0 aromatic heterocycles. The van der Waals surface area contributed by atoms with Crippen LogP contribution in [0.1, 0.15) is 39.5 Å². The lowest BCUT2D eigenvalue weighted by molar-refractivity contribution is -0.140. The van der Waals surface area contributed by atoms with Crippen molar-refractivity contribution in [3.05, 3.63) is 24.3 Å². The molecule has 1 N–H and O–H groups in total. The van der Waals surface area contributed by atoms with Crippen molar-refractivity contribution in [3.63, 3.8) is 0 Å². The van der Waals surface area contributed by atoms with E-state index in [2.05, 4.69) is 28.5 Å². The first kappa shape index (κ1) is 18.1. The molecule has 2 atom stereocenters. The van der Waals surface area contributed by atoms with Crippen LogP contribution < -0.4 is 4.90 Å². The number of piperidine rings is 1. The summed E-state index contributed by atoms with van der Waals surface area (Å²) in [6.07, 6.45) is 4.61. The third-order valence-corrected chi connectivity index (χ3v) is 5.82.